The fraction of sp³-hybridized carbons (Fsp3) is 0.583. The molecular formula is C12H15Cl2NO. The zero-order valence-corrected chi connectivity index (χ0v) is 10.7. The number of allylic oxidation sites excluding steroid dienone is 3. The number of amides is 1. The smallest absolute Gasteiger partial charge is 0.256 e. The van der Waals surface area contributed by atoms with E-state index in [9.17, 15) is 4.79 Å². The molecular weight excluding hydrogens is 245 g/mol. The van der Waals surface area contributed by atoms with Gasteiger partial charge in [-0.1, -0.05) is 41.4 Å². The maximum atomic E-state index is 11.8. The van der Waals surface area contributed by atoms with Gasteiger partial charge in [0.25, 0.3) is 5.91 Å². The Labute approximate surface area is 106 Å². The van der Waals surface area contributed by atoms with Crippen molar-refractivity contribution in [1.29, 1.82) is 0 Å². The lowest BCUT2D eigenvalue weighted by atomic mass is 9.81. The van der Waals surface area contributed by atoms with E-state index in [2.05, 4.69) is 18.2 Å². The number of halogens is 2. The molecule has 0 spiro atoms. The highest BCUT2D eigenvalue weighted by atomic mass is 35.5. The van der Waals surface area contributed by atoms with Gasteiger partial charge in [-0.05, 0) is 31.3 Å². The second-order valence-electron chi connectivity index (χ2n) is 4.32. The molecule has 0 aromatic rings. The number of carbonyl (C=O) groups excluding carboxylic acids is 1. The average molecular weight is 260 g/mol. The fourth-order valence-electron chi connectivity index (χ4n) is 2.55. The highest BCUT2D eigenvalue weighted by molar-refractivity contribution is 6.53. The Morgan fingerprint density at radius 2 is 2.31 bits per heavy atom. The molecule has 0 saturated carbocycles. The van der Waals surface area contributed by atoms with Gasteiger partial charge in [-0.2, -0.15) is 0 Å². The average Bonchev–Trinajstić information content (AvgIpc) is 2.29. The number of hydrogen-bond acceptors (Lipinski definition) is 1. The van der Waals surface area contributed by atoms with E-state index in [4.69, 9.17) is 23.2 Å². The Morgan fingerprint density at radius 3 is 3.00 bits per heavy atom. The molecule has 0 N–H and O–H groups in total. The van der Waals surface area contributed by atoms with Crippen LogP contribution in [0.4, 0.5) is 0 Å². The van der Waals surface area contributed by atoms with Crippen LogP contribution in [-0.2, 0) is 4.79 Å². The molecule has 1 saturated heterocycles. The maximum Gasteiger partial charge on any atom is 0.256 e. The third-order valence-corrected chi connectivity index (χ3v) is 3.83. The molecule has 1 fully saturated rings. The first-order valence-corrected chi connectivity index (χ1v) is 6.43. The molecule has 4 heteroatoms. The zero-order chi connectivity index (χ0) is 11.7. The monoisotopic (exact) mass is 259 g/mol. The van der Waals surface area contributed by atoms with Gasteiger partial charge in [0.15, 0.2) is 4.84 Å². The van der Waals surface area contributed by atoms with Gasteiger partial charge in [0.2, 0.25) is 0 Å². The van der Waals surface area contributed by atoms with Crippen molar-refractivity contribution in [3.63, 3.8) is 0 Å². The summed E-state index contributed by atoms with van der Waals surface area (Å²) in [6.45, 7) is 2.80. The Morgan fingerprint density at radius 1 is 1.56 bits per heavy atom. The number of likely N-dealkylation sites (tertiary alicyclic amines) is 1. The molecule has 1 heterocycles. The van der Waals surface area contributed by atoms with Crippen molar-refractivity contribution in [2.24, 2.45) is 5.92 Å². The van der Waals surface area contributed by atoms with Gasteiger partial charge in [0.05, 0.1) is 6.04 Å². The van der Waals surface area contributed by atoms with Crippen LogP contribution in [0.1, 0.15) is 19.8 Å². The van der Waals surface area contributed by atoms with Crippen LogP contribution in [0, 0.1) is 5.92 Å². The number of alkyl halides is 2. The van der Waals surface area contributed by atoms with Gasteiger partial charge in [-0.3, -0.25) is 4.79 Å². The van der Waals surface area contributed by atoms with E-state index >= 15 is 0 Å². The van der Waals surface area contributed by atoms with Crippen LogP contribution in [0.15, 0.2) is 23.8 Å². The molecule has 16 heavy (non-hydrogen) atoms. The first-order chi connectivity index (χ1) is 7.61. The van der Waals surface area contributed by atoms with E-state index in [0.717, 1.165) is 19.4 Å². The maximum absolute atomic E-state index is 11.8. The van der Waals surface area contributed by atoms with E-state index < -0.39 is 4.84 Å². The van der Waals surface area contributed by atoms with Gasteiger partial charge in [0, 0.05) is 6.54 Å². The van der Waals surface area contributed by atoms with Crippen LogP contribution in [0.2, 0.25) is 0 Å². The van der Waals surface area contributed by atoms with Crippen molar-refractivity contribution < 1.29 is 4.79 Å². The number of piperidine rings is 1. The summed E-state index contributed by atoms with van der Waals surface area (Å²) in [5.41, 5.74) is 1.33. The molecule has 88 valence electrons. The highest BCUT2D eigenvalue weighted by Gasteiger charge is 2.34. The molecule has 2 rings (SSSR count). The molecule has 2 atom stereocenters. The Bertz CT molecular complexity index is 349. The standard InChI is InChI=1S/C12H15Cl2NO/c1-8-10-5-3-2-4-9(10)6-7-15(8)12(16)11(13)14/h2-3,5,8-9,11H,4,6-7H2,1H3. The van der Waals surface area contributed by atoms with Crippen molar-refractivity contribution in [3.8, 4) is 0 Å². The Kier molecular flexibility index (Phi) is 3.60. The highest BCUT2D eigenvalue weighted by Crippen LogP contribution is 2.34. The Balaban J connectivity index is 2.17. The third kappa shape index (κ3) is 2.14. The lowest BCUT2D eigenvalue weighted by Crippen LogP contribution is -2.48. The molecule has 1 aliphatic heterocycles. The molecule has 2 unspecified atom stereocenters. The van der Waals surface area contributed by atoms with Crippen molar-refractivity contribution in [2.45, 2.75) is 30.6 Å². The second-order valence-corrected chi connectivity index (χ2v) is 5.42. The van der Waals surface area contributed by atoms with Gasteiger partial charge in [0.1, 0.15) is 0 Å². The summed E-state index contributed by atoms with van der Waals surface area (Å²) in [5.74, 6) is 0.415. The topological polar surface area (TPSA) is 20.3 Å². The first kappa shape index (κ1) is 12.0. The number of hydrogen-bond donors (Lipinski definition) is 0. The number of rotatable bonds is 1. The van der Waals surface area contributed by atoms with Crippen molar-refractivity contribution in [3.05, 3.63) is 23.8 Å². The molecule has 0 aromatic carbocycles. The lowest BCUT2D eigenvalue weighted by molar-refractivity contribution is -0.131. The minimum Gasteiger partial charge on any atom is -0.334 e. The normalized spacial score (nSPS) is 29.0. The van der Waals surface area contributed by atoms with E-state index in [1.807, 2.05) is 6.92 Å². The quantitative estimate of drug-likeness (QED) is 0.664. The lowest BCUT2D eigenvalue weighted by Gasteiger charge is -2.41. The number of nitrogens with zero attached hydrogens (tertiary/aromatic N) is 1. The van der Waals surface area contributed by atoms with Crippen molar-refractivity contribution in [2.75, 3.05) is 6.54 Å². The van der Waals surface area contributed by atoms with Gasteiger partial charge >= 0.3 is 0 Å². The van der Waals surface area contributed by atoms with Crippen LogP contribution in [-0.4, -0.2) is 28.2 Å². The molecule has 1 aliphatic carbocycles. The van der Waals surface area contributed by atoms with E-state index in [0.29, 0.717) is 5.92 Å². The summed E-state index contributed by atoms with van der Waals surface area (Å²) in [5, 5.41) is 0. The first-order valence-electron chi connectivity index (χ1n) is 5.56. The van der Waals surface area contributed by atoms with Crippen LogP contribution < -0.4 is 0 Å². The molecule has 2 aliphatic rings. The van der Waals surface area contributed by atoms with Gasteiger partial charge in [-0.15, -0.1) is 0 Å². The van der Waals surface area contributed by atoms with Crippen LogP contribution >= 0.6 is 23.2 Å². The predicted octanol–water partition coefficient (Wildman–Crippen LogP) is 2.91. The minimum atomic E-state index is -0.946. The summed E-state index contributed by atoms with van der Waals surface area (Å²) in [7, 11) is 0. The zero-order valence-electron chi connectivity index (χ0n) is 9.20. The second kappa shape index (κ2) is 4.80. The van der Waals surface area contributed by atoms with Crippen LogP contribution in [0.3, 0.4) is 0 Å². The third-order valence-electron chi connectivity index (χ3n) is 3.45. The number of fused-ring (bicyclic) bond motifs is 1. The summed E-state index contributed by atoms with van der Waals surface area (Å²) in [6, 6.07) is 0.121. The summed E-state index contributed by atoms with van der Waals surface area (Å²) >= 11 is 11.3. The molecule has 0 bridgehead atoms. The van der Waals surface area contributed by atoms with E-state index in [1.54, 1.807) is 4.90 Å². The van der Waals surface area contributed by atoms with E-state index in [-0.39, 0.29) is 11.9 Å². The van der Waals surface area contributed by atoms with E-state index in [1.165, 1.54) is 5.57 Å². The largest absolute Gasteiger partial charge is 0.334 e. The predicted molar refractivity (Wildman–Crippen MR) is 66.6 cm³/mol. The summed E-state index contributed by atoms with van der Waals surface area (Å²) < 4.78 is 0. The molecule has 0 radical (unpaired) electrons. The molecule has 1 amide bonds. The molecule has 2 nitrogen and oxygen atoms in total. The van der Waals surface area contributed by atoms with Gasteiger partial charge < -0.3 is 4.90 Å². The van der Waals surface area contributed by atoms with Crippen molar-refractivity contribution in [1.82, 2.24) is 4.90 Å². The minimum absolute atomic E-state index is 0.121. The number of carbonyl (C=O) groups is 1. The summed E-state index contributed by atoms with van der Waals surface area (Å²) in [6.07, 6.45) is 8.46. The summed E-state index contributed by atoms with van der Waals surface area (Å²) in [4.78, 5) is 12.6. The SMILES string of the molecule is CC1C2=CC=CCC2CCN1C(=O)C(Cl)Cl. The van der Waals surface area contributed by atoms with Crippen LogP contribution in [0.25, 0.3) is 0 Å². The van der Waals surface area contributed by atoms with Crippen molar-refractivity contribution >= 4 is 29.1 Å². The molecule has 0 aromatic heterocycles. The fourth-order valence-corrected chi connectivity index (χ4v) is 2.80. The van der Waals surface area contributed by atoms with Gasteiger partial charge in [-0.25, -0.2) is 0 Å². The van der Waals surface area contributed by atoms with Crippen LogP contribution in [0.5, 0.6) is 0 Å². The Hall–Kier alpha value is -0.470.